The van der Waals surface area contributed by atoms with Gasteiger partial charge in [-0.05, 0) is 66.6 Å². The first-order chi connectivity index (χ1) is 17.6. The maximum atomic E-state index is 12.8. The molecule has 10 heteroatoms. The third-order valence-corrected chi connectivity index (χ3v) is 5.31. The van der Waals surface area contributed by atoms with Crippen LogP contribution in [0.3, 0.4) is 0 Å². The normalized spacial score (nSPS) is 11.4. The van der Waals surface area contributed by atoms with Crippen molar-refractivity contribution in [2.24, 2.45) is 5.92 Å². The molecule has 0 fully saturated rings. The number of hydrogen-bond acceptors (Lipinski definition) is 5. The third-order valence-electron chi connectivity index (χ3n) is 5.31. The molecule has 7 nitrogen and oxygen atoms in total. The standard InChI is InChI=1S/C27H25F3N4O3/c1-17(2)16-37-26-32-24(19-5-4-6-23(15-19)36-3)34(33-26)22-13-11-21(12-14-22)31-25(35)18-7-9-20(10-8-18)27(28,29)30/h4-15,17H,16H2,1-3H3,(H,31,35). The van der Waals surface area contributed by atoms with Crippen LogP contribution in [0.5, 0.6) is 11.8 Å². The van der Waals surface area contributed by atoms with Gasteiger partial charge in [0, 0.05) is 16.8 Å². The number of anilines is 1. The summed E-state index contributed by atoms with van der Waals surface area (Å²) in [5, 5.41) is 7.20. The minimum atomic E-state index is -4.46. The highest BCUT2D eigenvalue weighted by Gasteiger charge is 2.30. The number of nitrogens with zero attached hydrogens (tertiary/aromatic N) is 3. The van der Waals surface area contributed by atoms with Gasteiger partial charge in [-0.3, -0.25) is 4.79 Å². The molecular formula is C27H25F3N4O3. The molecule has 0 spiro atoms. The predicted octanol–water partition coefficient (Wildman–Crippen LogP) is 6.25. The van der Waals surface area contributed by atoms with Crippen molar-refractivity contribution in [1.29, 1.82) is 0 Å². The maximum absolute atomic E-state index is 12.8. The van der Waals surface area contributed by atoms with E-state index in [1.165, 1.54) is 0 Å². The van der Waals surface area contributed by atoms with Crippen LogP contribution in [0.4, 0.5) is 18.9 Å². The number of carbonyl (C=O) groups is 1. The summed E-state index contributed by atoms with van der Waals surface area (Å²) < 4.78 is 51.0. The Labute approximate surface area is 211 Å². The van der Waals surface area contributed by atoms with Gasteiger partial charge in [-0.25, -0.2) is 4.68 Å². The van der Waals surface area contributed by atoms with Crippen LogP contribution in [-0.4, -0.2) is 34.4 Å². The molecule has 0 saturated heterocycles. The van der Waals surface area contributed by atoms with Gasteiger partial charge in [0.15, 0.2) is 5.82 Å². The van der Waals surface area contributed by atoms with E-state index < -0.39 is 17.6 Å². The van der Waals surface area contributed by atoms with Crippen LogP contribution in [0.25, 0.3) is 17.1 Å². The highest BCUT2D eigenvalue weighted by atomic mass is 19.4. The Morgan fingerprint density at radius 3 is 2.35 bits per heavy atom. The monoisotopic (exact) mass is 510 g/mol. The molecule has 3 aromatic carbocycles. The van der Waals surface area contributed by atoms with Crippen molar-refractivity contribution in [3.05, 3.63) is 83.9 Å². The maximum Gasteiger partial charge on any atom is 0.416 e. The number of halogens is 3. The Morgan fingerprint density at radius 1 is 1.03 bits per heavy atom. The summed E-state index contributed by atoms with van der Waals surface area (Å²) in [4.78, 5) is 17.1. The van der Waals surface area contributed by atoms with Gasteiger partial charge in [-0.15, -0.1) is 5.10 Å². The lowest BCUT2D eigenvalue weighted by atomic mass is 10.1. The lowest BCUT2D eigenvalue weighted by molar-refractivity contribution is -0.137. The number of benzene rings is 3. The molecule has 4 rings (SSSR count). The molecule has 0 aliphatic rings. The fourth-order valence-corrected chi connectivity index (χ4v) is 3.42. The van der Waals surface area contributed by atoms with Gasteiger partial charge in [0.05, 0.1) is 25.0 Å². The smallest absolute Gasteiger partial charge is 0.416 e. The van der Waals surface area contributed by atoms with Crippen molar-refractivity contribution in [3.63, 3.8) is 0 Å². The summed E-state index contributed by atoms with van der Waals surface area (Å²) in [5.41, 5.74) is 1.20. The van der Waals surface area contributed by atoms with E-state index in [0.29, 0.717) is 35.5 Å². The van der Waals surface area contributed by atoms with E-state index in [-0.39, 0.29) is 11.6 Å². The number of amides is 1. The SMILES string of the molecule is COc1cccc(-c2nc(OCC(C)C)nn2-c2ccc(NC(=O)c3ccc(C(F)(F)F)cc3)cc2)c1. The van der Waals surface area contributed by atoms with Gasteiger partial charge < -0.3 is 14.8 Å². The van der Waals surface area contributed by atoms with Crippen molar-refractivity contribution in [2.45, 2.75) is 20.0 Å². The Kier molecular flexibility index (Phi) is 7.47. The summed E-state index contributed by atoms with van der Waals surface area (Å²) >= 11 is 0. The van der Waals surface area contributed by atoms with E-state index in [9.17, 15) is 18.0 Å². The minimum absolute atomic E-state index is 0.112. The number of carbonyl (C=O) groups excluding carboxylic acids is 1. The van der Waals surface area contributed by atoms with E-state index in [1.54, 1.807) is 36.1 Å². The first kappa shape index (κ1) is 25.7. The molecular weight excluding hydrogens is 485 g/mol. The van der Waals surface area contributed by atoms with Crippen molar-refractivity contribution in [3.8, 4) is 28.8 Å². The Hall–Kier alpha value is -4.34. The summed E-state index contributed by atoms with van der Waals surface area (Å²) in [6.07, 6.45) is -4.46. The third kappa shape index (κ3) is 6.27. The fraction of sp³-hybridized carbons (Fsp3) is 0.222. The van der Waals surface area contributed by atoms with Crippen LogP contribution >= 0.6 is 0 Å². The second kappa shape index (κ2) is 10.7. The van der Waals surface area contributed by atoms with Crippen LogP contribution in [0.2, 0.25) is 0 Å². The number of hydrogen-bond donors (Lipinski definition) is 1. The van der Waals surface area contributed by atoms with Gasteiger partial charge in [0.2, 0.25) is 0 Å². The largest absolute Gasteiger partial charge is 0.497 e. The van der Waals surface area contributed by atoms with E-state index in [2.05, 4.69) is 15.4 Å². The fourth-order valence-electron chi connectivity index (χ4n) is 3.42. The molecule has 0 aliphatic carbocycles. The lowest BCUT2D eigenvalue weighted by Gasteiger charge is -2.10. The summed E-state index contributed by atoms with van der Waals surface area (Å²) in [6, 6.07) is 18.5. The second-order valence-corrected chi connectivity index (χ2v) is 8.64. The molecule has 0 unspecified atom stereocenters. The van der Waals surface area contributed by atoms with Crippen molar-refractivity contribution < 1.29 is 27.4 Å². The number of rotatable bonds is 8. The van der Waals surface area contributed by atoms with Gasteiger partial charge in [-0.2, -0.15) is 18.2 Å². The van der Waals surface area contributed by atoms with Crippen molar-refractivity contribution in [1.82, 2.24) is 14.8 Å². The topological polar surface area (TPSA) is 78.3 Å². The van der Waals surface area contributed by atoms with Crippen LogP contribution in [0.1, 0.15) is 29.8 Å². The number of alkyl halides is 3. The minimum Gasteiger partial charge on any atom is -0.497 e. The summed E-state index contributed by atoms with van der Waals surface area (Å²) in [6.45, 7) is 4.51. The number of aromatic nitrogens is 3. The highest BCUT2D eigenvalue weighted by molar-refractivity contribution is 6.04. The van der Waals surface area contributed by atoms with Gasteiger partial charge in [0.1, 0.15) is 5.75 Å². The Bertz CT molecular complexity index is 1370. The van der Waals surface area contributed by atoms with Crippen LogP contribution in [0, 0.1) is 5.92 Å². The highest BCUT2D eigenvalue weighted by Crippen LogP contribution is 2.30. The van der Waals surface area contributed by atoms with Crippen LogP contribution in [0.15, 0.2) is 72.8 Å². The molecule has 1 heterocycles. The number of ether oxygens (including phenoxy) is 2. The van der Waals surface area contributed by atoms with E-state index >= 15 is 0 Å². The molecule has 0 radical (unpaired) electrons. The molecule has 0 bridgehead atoms. The summed E-state index contributed by atoms with van der Waals surface area (Å²) in [7, 11) is 1.58. The summed E-state index contributed by atoms with van der Waals surface area (Å²) in [5.74, 6) is 0.973. The van der Waals surface area contributed by atoms with E-state index in [4.69, 9.17) is 9.47 Å². The molecule has 4 aromatic rings. The zero-order valence-electron chi connectivity index (χ0n) is 20.4. The molecule has 0 saturated carbocycles. The molecule has 1 N–H and O–H groups in total. The second-order valence-electron chi connectivity index (χ2n) is 8.64. The van der Waals surface area contributed by atoms with Crippen molar-refractivity contribution in [2.75, 3.05) is 19.0 Å². The van der Waals surface area contributed by atoms with Crippen molar-refractivity contribution >= 4 is 11.6 Å². The molecule has 0 atom stereocenters. The first-order valence-corrected chi connectivity index (χ1v) is 11.5. The van der Waals surface area contributed by atoms with Gasteiger partial charge >= 0.3 is 12.2 Å². The zero-order chi connectivity index (χ0) is 26.6. The van der Waals surface area contributed by atoms with Gasteiger partial charge in [0.25, 0.3) is 5.91 Å². The number of nitrogens with one attached hydrogen (secondary N) is 1. The Balaban J connectivity index is 1.57. The van der Waals surface area contributed by atoms with Crippen LogP contribution in [-0.2, 0) is 6.18 Å². The molecule has 1 aromatic heterocycles. The molecule has 1 amide bonds. The molecule has 192 valence electrons. The average molecular weight is 511 g/mol. The average Bonchev–Trinajstić information content (AvgIpc) is 3.32. The lowest BCUT2D eigenvalue weighted by Crippen LogP contribution is -2.13. The first-order valence-electron chi connectivity index (χ1n) is 11.5. The Morgan fingerprint density at radius 2 is 1.73 bits per heavy atom. The van der Waals surface area contributed by atoms with Gasteiger partial charge in [-0.1, -0.05) is 26.0 Å². The van der Waals surface area contributed by atoms with E-state index in [1.807, 2.05) is 38.1 Å². The predicted molar refractivity (Wildman–Crippen MR) is 133 cm³/mol. The number of methoxy groups -OCH3 is 1. The van der Waals surface area contributed by atoms with Crippen LogP contribution < -0.4 is 14.8 Å². The zero-order valence-corrected chi connectivity index (χ0v) is 20.4. The quantitative estimate of drug-likeness (QED) is 0.303. The van der Waals surface area contributed by atoms with E-state index in [0.717, 1.165) is 29.8 Å². The molecule has 0 aliphatic heterocycles. The molecule has 37 heavy (non-hydrogen) atoms.